The average Bonchev–Trinajstić information content (AvgIpc) is 2.57. The van der Waals surface area contributed by atoms with E-state index in [2.05, 4.69) is 20.0 Å². The van der Waals surface area contributed by atoms with Crippen LogP contribution in [0.2, 0.25) is 0 Å². The molecule has 3 N–H and O–H groups in total. The van der Waals surface area contributed by atoms with E-state index >= 15 is 0 Å². The smallest absolute Gasteiger partial charge is 0.213 e. The first-order valence-corrected chi connectivity index (χ1v) is 4.09. The van der Waals surface area contributed by atoms with Crippen LogP contribution in [0.15, 0.2) is 10.9 Å². The first-order valence-electron chi connectivity index (χ1n) is 4.09. The fourth-order valence-corrected chi connectivity index (χ4v) is 0.855. The summed E-state index contributed by atoms with van der Waals surface area (Å²) in [7, 11) is 0. The molecule has 0 aliphatic heterocycles. The molecule has 12 heavy (non-hydrogen) atoms. The Morgan fingerprint density at radius 2 is 2.42 bits per heavy atom. The van der Waals surface area contributed by atoms with Gasteiger partial charge < -0.3 is 15.6 Å². The largest absolute Gasteiger partial charge is 0.343 e. The van der Waals surface area contributed by atoms with Crippen molar-refractivity contribution in [2.75, 3.05) is 19.6 Å². The zero-order valence-electron chi connectivity index (χ0n) is 6.99. The van der Waals surface area contributed by atoms with E-state index in [4.69, 9.17) is 5.73 Å². The van der Waals surface area contributed by atoms with Crippen LogP contribution < -0.4 is 11.1 Å². The van der Waals surface area contributed by atoms with E-state index < -0.39 is 0 Å². The zero-order chi connectivity index (χ0) is 8.65. The van der Waals surface area contributed by atoms with E-state index in [0.29, 0.717) is 0 Å². The monoisotopic (exact) mass is 170 g/mol. The number of nitrogens with two attached hydrogens (primary N) is 1. The number of aromatic nitrogens is 2. The Balaban J connectivity index is 1.96. The Morgan fingerprint density at radius 3 is 3.08 bits per heavy atom. The van der Waals surface area contributed by atoms with Crippen LogP contribution in [0.4, 0.5) is 0 Å². The maximum Gasteiger partial charge on any atom is 0.213 e. The van der Waals surface area contributed by atoms with Crippen molar-refractivity contribution in [2.24, 2.45) is 5.73 Å². The third-order valence-electron chi connectivity index (χ3n) is 1.49. The van der Waals surface area contributed by atoms with Crippen LogP contribution >= 0.6 is 0 Å². The zero-order valence-corrected chi connectivity index (χ0v) is 6.99. The lowest BCUT2D eigenvalue weighted by Gasteiger charge is -1.99. The van der Waals surface area contributed by atoms with Crippen LogP contribution in [0.3, 0.4) is 0 Å². The van der Waals surface area contributed by atoms with Crippen LogP contribution in [-0.2, 0) is 6.42 Å². The summed E-state index contributed by atoms with van der Waals surface area (Å²) in [5.74, 6) is 0.746. The number of nitrogens with one attached hydrogen (secondary N) is 1. The van der Waals surface area contributed by atoms with Crippen LogP contribution in [0, 0.1) is 0 Å². The summed E-state index contributed by atoms with van der Waals surface area (Å²) < 4.78 is 4.58. The molecule has 0 saturated carbocycles. The van der Waals surface area contributed by atoms with Crippen molar-refractivity contribution < 1.29 is 4.52 Å². The maximum atomic E-state index is 5.33. The van der Waals surface area contributed by atoms with Crippen LogP contribution in [-0.4, -0.2) is 29.8 Å². The fourth-order valence-electron chi connectivity index (χ4n) is 0.855. The second-order valence-corrected chi connectivity index (χ2v) is 2.49. The quantitative estimate of drug-likeness (QED) is 0.565. The van der Waals surface area contributed by atoms with Crippen molar-refractivity contribution in [1.82, 2.24) is 15.5 Å². The summed E-state index contributed by atoms with van der Waals surface area (Å²) in [6, 6.07) is 0. The molecule has 0 aliphatic carbocycles. The minimum atomic E-state index is 0.731. The van der Waals surface area contributed by atoms with Crippen molar-refractivity contribution in [2.45, 2.75) is 12.8 Å². The van der Waals surface area contributed by atoms with E-state index in [0.717, 1.165) is 38.3 Å². The number of nitrogens with zero attached hydrogens (tertiary/aromatic N) is 2. The molecule has 0 atom stereocenters. The Morgan fingerprint density at radius 1 is 1.50 bits per heavy atom. The summed E-state index contributed by atoms with van der Waals surface area (Å²) in [4.78, 5) is 3.89. The average molecular weight is 170 g/mol. The topological polar surface area (TPSA) is 77.0 Å². The number of hydrogen-bond acceptors (Lipinski definition) is 5. The lowest BCUT2D eigenvalue weighted by atomic mass is 10.4. The van der Waals surface area contributed by atoms with Crippen LogP contribution in [0.1, 0.15) is 12.2 Å². The molecule has 0 aromatic carbocycles. The molecule has 0 saturated heterocycles. The third kappa shape index (κ3) is 3.45. The van der Waals surface area contributed by atoms with E-state index in [9.17, 15) is 0 Å². The molecule has 0 aliphatic rings. The van der Waals surface area contributed by atoms with Crippen molar-refractivity contribution in [3.8, 4) is 0 Å². The maximum absolute atomic E-state index is 5.33. The Bertz CT molecular complexity index is 187. The van der Waals surface area contributed by atoms with Gasteiger partial charge in [-0.3, -0.25) is 0 Å². The Hall–Kier alpha value is -0.940. The molecule has 5 heteroatoms. The second kappa shape index (κ2) is 5.68. The highest BCUT2D eigenvalue weighted by atomic mass is 16.5. The molecule has 5 nitrogen and oxygen atoms in total. The summed E-state index contributed by atoms with van der Waals surface area (Å²) in [5.41, 5.74) is 5.33. The van der Waals surface area contributed by atoms with Gasteiger partial charge in [0.25, 0.3) is 0 Å². The lowest BCUT2D eigenvalue weighted by Crippen LogP contribution is -2.21. The van der Waals surface area contributed by atoms with E-state index in [1.807, 2.05) is 0 Å². The molecule has 0 radical (unpaired) electrons. The standard InChI is InChI=1S/C7H14N4O/c8-3-1-4-9-5-2-7-10-6-12-11-7/h6,9H,1-5,8H2. The Kier molecular flexibility index (Phi) is 4.33. The highest BCUT2D eigenvalue weighted by Crippen LogP contribution is 1.87. The van der Waals surface area contributed by atoms with E-state index in [1.54, 1.807) is 0 Å². The molecule has 1 aromatic heterocycles. The van der Waals surface area contributed by atoms with E-state index in [1.165, 1.54) is 6.39 Å². The number of rotatable bonds is 6. The lowest BCUT2D eigenvalue weighted by molar-refractivity contribution is 0.409. The van der Waals surface area contributed by atoms with Gasteiger partial charge in [-0.15, -0.1) is 0 Å². The second-order valence-electron chi connectivity index (χ2n) is 2.49. The van der Waals surface area contributed by atoms with Crippen LogP contribution in [0.25, 0.3) is 0 Å². The molecule has 1 heterocycles. The molecule has 0 fully saturated rings. The van der Waals surface area contributed by atoms with Crippen molar-refractivity contribution >= 4 is 0 Å². The van der Waals surface area contributed by atoms with Gasteiger partial charge >= 0.3 is 0 Å². The third-order valence-corrected chi connectivity index (χ3v) is 1.49. The summed E-state index contributed by atoms with van der Waals surface area (Å²) >= 11 is 0. The molecule has 0 bridgehead atoms. The van der Waals surface area contributed by atoms with E-state index in [-0.39, 0.29) is 0 Å². The SMILES string of the molecule is NCCCNCCc1ncon1. The van der Waals surface area contributed by atoms with Crippen molar-refractivity contribution in [1.29, 1.82) is 0 Å². The summed E-state index contributed by atoms with van der Waals surface area (Å²) in [6.45, 7) is 2.56. The molecular weight excluding hydrogens is 156 g/mol. The molecular formula is C7H14N4O. The van der Waals surface area contributed by atoms with Crippen molar-refractivity contribution in [3.05, 3.63) is 12.2 Å². The number of hydrogen-bond donors (Lipinski definition) is 2. The van der Waals surface area contributed by atoms with Gasteiger partial charge in [0.1, 0.15) is 0 Å². The first-order chi connectivity index (χ1) is 5.93. The molecule has 1 rings (SSSR count). The van der Waals surface area contributed by atoms with Gasteiger partial charge in [-0.2, -0.15) is 4.98 Å². The minimum Gasteiger partial charge on any atom is -0.343 e. The Labute approximate surface area is 71.3 Å². The van der Waals surface area contributed by atoms with Crippen molar-refractivity contribution in [3.63, 3.8) is 0 Å². The molecule has 1 aromatic rings. The van der Waals surface area contributed by atoms with Gasteiger partial charge in [-0.25, -0.2) is 0 Å². The van der Waals surface area contributed by atoms with Gasteiger partial charge in [-0.1, -0.05) is 5.16 Å². The van der Waals surface area contributed by atoms with Gasteiger partial charge in [0.05, 0.1) is 0 Å². The first kappa shape index (κ1) is 9.15. The van der Waals surface area contributed by atoms with Gasteiger partial charge in [-0.05, 0) is 19.5 Å². The highest BCUT2D eigenvalue weighted by Gasteiger charge is 1.95. The normalized spacial score (nSPS) is 10.4. The molecule has 68 valence electrons. The van der Waals surface area contributed by atoms with Gasteiger partial charge in [0, 0.05) is 13.0 Å². The van der Waals surface area contributed by atoms with Crippen LogP contribution in [0.5, 0.6) is 0 Å². The summed E-state index contributed by atoms with van der Waals surface area (Å²) in [6.07, 6.45) is 3.16. The molecule has 0 unspecified atom stereocenters. The molecule has 0 amide bonds. The minimum absolute atomic E-state index is 0.731. The highest BCUT2D eigenvalue weighted by molar-refractivity contribution is 4.78. The van der Waals surface area contributed by atoms with Gasteiger partial charge in [0.2, 0.25) is 6.39 Å². The van der Waals surface area contributed by atoms with Gasteiger partial charge in [0.15, 0.2) is 5.82 Å². The predicted molar refractivity (Wildman–Crippen MR) is 44.5 cm³/mol. The molecule has 0 spiro atoms. The predicted octanol–water partition coefficient (Wildman–Crippen LogP) is -0.450. The fraction of sp³-hybridized carbons (Fsp3) is 0.714. The summed E-state index contributed by atoms with van der Waals surface area (Å²) in [5, 5.41) is 6.91.